The van der Waals surface area contributed by atoms with Gasteiger partial charge in [-0.3, -0.25) is 9.48 Å². The van der Waals surface area contributed by atoms with Crippen LogP contribution in [0.25, 0.3) is 0 Å². The van der Waals surface area contributed by atoms with Gasteiger partial charge in [-0.15, -0.1) is 0 Å². The van der Waals surface area contributed by atoms with Crippen LogP contribution in [0.4, 0.5) is 0 Å². The Morgan fingerprint density at radius 2 is 2.11 bits per heavy atom. The zero-order chi connectivity index (χ0) is 13.5. The zero-order valence-corrected chi connectivity index (χ0v) is 11.7. The van der Waals surface area contributed by atoms with Crippen molar-refractivity contribution in [1.82, 2.24) is 15.1 Å². The van der Waals surface area contributed by atoms with Gasteiger partial charge >= 0.3 is 5.97 Å². The highest BCUT2D eigenvalue weighted by Crippen LogP contribution is 2.12. The highest BCUT2D eigenvalue weighted by Gasteiger charge is 2.13. The molecule has 0 spiro atoms. The van der Waals surface area contributed by atoms with E-state index in [4.69, 9.17) is 4.74 Å². The van der Waals surface area contributed by atoms with Crippen molar-refractivity contribution in [2.24, 2.45) is 0 Å². The molecule has 1 aromatic heterocycles. The highest BCUT2D eigenvalue weighted by atomic mass is 16.5. The van der Waals surface area contributed by atoms with E-state index in [1.165, 1.54) is 5.56 Å². The van der Waals surface area contributed by atoms with Gasteiger partial charge in [0.25, 0.3) is 0 Å². The van der Waals surface area contributed by atoms with E-state index in [9.17, 15) is 4.79 Å². The first-order chi connectivity index (χ1) is 8.60. The molecule has 0 radical (unpaired) electrons. The van der Waals surface area contributed by atoms with E-state index >= 15 is 0 Å². The molecule has 0 bridgehead atoms. The number of nitrogens with zero attached hydrogens (tertiary/aromatic N) is 2. The van der Waals surface area contributed by atoms with Gasteiger partial charge in [0, 0.05) is 17.8 Å². The normalized spacial score (nSPS) is 10.7. The molecule has 0 fully saturated rings. The van der Waals surface area contributed by atoms with Crippen molar-refractivity contribution in [3.05, 3.63) is 17.0 Å². The smallest absolute Gasteiger partial charge is 0.327 e. The van der Waals surface area contributed by atoms with Gasteiger partial charge in [0.05, 0.1) is 12.3 Å². The van der Waals surface area contributed by atoms with Crippen LogP contribution in [0.3, 0.4) is 0 Å². The molecular formula is C13H23N3O2. The summed E-state index contributed by atoms with van der Waals surface area (Å²) in [4.78, 5) is 11.4. The van der Waals surface area contributed by atoms with Crippen molar-refractivity contribution < 1.29 is 9.53 Å². The molecule has 0 aliphatic rings. The number of rotatable bonds is 7. The van der Waals surface area contributed by atoms with Gasteiger partial charge in [-0.2, -0.15) is 5.10 Å². The van der Waals surface area contributed by atoms with Gasteiger partial charge in [-0.1, -0.05) is 6.92 Å². The molecule has 102 valence electrons. The fraction of sp³-hybridized carbons (Fsp3) is 0.692. The standard InChI is InChI=1S/C13H23N3O2/c1-5-7-14-8-12-10(3)15-16(11(12)4)9-13(17)18-6-2/h14H,5-9H2,1-4H3. The average molecular weight is 253 g/mol. The Labute approximate surface area is 109 Å². The van der Waals surface area contributed by atoms with E-state index < -0.39 is 0 Å². The summed E-state index contributed by atoms with van der Waals surface area (Å²) in [5.74, 6) is -0.240. The van der Waals surface area contributed by atoms with E-state index in [1.54, 1.807) is 11.6 Å². The van der Waals surface area contributed by atoms with Crippen LogP contribution < -0.4 is 5.32 Å². The molecule has 0 saturated heterocycles. The van der Waals surface area contributed by atoms with Crippen LogP contribution in [-0.4, -0.2) is 28.9 Å². The lowest BCUT2D eigenvalue weighted by Crippen LogP contribution is -2.17. The van der Waals surface area contributed by atoms with Crippen LogP contribution in [0.2, 0.25) is 0 Å². The number of aryl methyl sites for hydroxylation is 1. The molecule has 0 unspecified atom stereocenters. The van der Waals surface area contributed by atoms with Gasteiger partial charge in [0.1, 0.15) is 6.54 Å². The maximum atomic E-state index is 11.4. The number of hydrogen-bond acceptors (Lipinski definition) is 4. The second kappa shape index (κ2) is 7.16. The lowest BCUT2D eigenvalue weighted by Gasteiger charge is -2.06. The Morgan fingerprint density at radius 3 is 2.72 bits per heavy atom. The van der Waals surface area contributed by atoms with Crippen LogP contribution >= 0.6 is 0 Å². The minimum Gasteiger partial charge on any atom is -0.465 e. The lowest BCUT2D eigenvalue weighted by molar-refractivity contribution is -0.144. The van der Waals surface area contributed by atoms with Gasteiger partial charge < -0.3 is 10.1 Å². The summed E-state index contributed by atoms with van der Waals surface area (Å²) in [5, 5.41) is 7.74. The summed E-state index contributed by atoms with van der Waals surface area (Å²) in [6.45, 7) is 10.3. The van der Waals surface area contributed by atoms with E-state index in [-0.39, 0.29) is 12.5 Å². The van der Waals surface area contributed by atoms with Crippen LogP contribution in [-0.2, 0) is 22.6 Å². The molecule has 5 heteroatoms. The summed E-state index contributed by atoms with van der Waals surface area (Å²) in [7, 11) is 0. The third-order valence-electron chi connectivity index (χ3n) is 2.84. The second-order valence-corrected chi connectivity index (χ2v) is 4.29. The average Bonchev–Trinajstić information content (AvgIpc) is 2.57. The van der Waals surface area contributed by atoms with Gasteiger partial charge in [-0.05, 0) is 33.7 Å². The molecule has 0 saturated carbocycles. The summed E-state index contributed by atoms with van der Waals surface area (Å²) in [6.07, 6.45) is 1.11. The van der Waals surface area contributed by atoms with Crippen LogP contribution in [0, 0.1) is 13.8 Å². The van der Waals surface area contributed by atoms with Crippen LogP contribution in [0.5, 0.6) is 0 Å². The van der Waals surface area contributed by atoms with Crippen molar-refractivity contribution >= 4 is 5.97 Å². The molecule has 0 aromatic carbocycles. The largest absolute Gasteiger partial charge is 0.465 e. The number of hydrogen-bond donors (Lipinski definition) is 1. The first-order valence-corrected chi connectivity index (χ1v) is 6.49. The number of ether oxygens (including phenoxy) is 1. The minimum atomic E-state index is -0.240. The number of esters is 1. The maximum absolute atomic E-state index is 11.4. The quantitative estimate of drug-likeness (QED) is 0.592. The number of aromatic nitrogens is 2. The molecule has 5 nitrogen and oxygen atoms in total. The molecule has 18 heavy (non-hydrogen) atoms. The molecule has 1 heterocycles. The third-order valence-corrected chi connectivity index (χ3v) is 2.84. The van der Waals surface area contributed by atoms with E-state index in [0.29, 0.717) is 6.61 Å². The number of carbonyl (C=O) groups excluding carboxylic acids is 1. The van der Waals surface area contributed by atoms with E-state index in [0.717, 1.165) is 30.9 Å². The van der Waals surface area contributed by atoms with Crippen LogP contribution in [0.1, 0.15) is 37.2 Å². The fourth-order valence-corrected chi connectivity index (χ4v) is 1.86. The summed E-state index contributed by atoms with van der Waals surface area (Å²) < 4.78 is 6.65. The Hall–Kier alpha value is -1.36. The Balaban J connectivity index is 2.70. The Morgan fingerprint density at radius 1 is 1.39 bits per heavy atom. The topological polar surface area (TPSA) is 56.2 Å². The van der Waals surface area contributed by atoms with E-state index in [1.807, 2.05) is 13.8 Å². The number of carbonyl (C=O) groups is 1. The Kier molecular flexibility index (Phi) is 5.85. The predicted molar refractivity (Wildman–Crippen MR) is 70.3 cm³/mol. The third kappa shape index (κ3) is 3.84. The predicted octanol–water partition coefficient (Wildman–Crippen LogP) is 1.56. The first-order valence-electron chi connectivity index (χ1n) is 6.49. The molecular weight excluding hydrogens is 230 g/mol. The summed E-state index contributed by atoms with van der Waals surface area (Å²) in [6, 6.07) is 0. The minimum absolute atomic E-state index is 0.189. The fourth-order valence-electron chi connectivity index (χ4n) is 1.86. The molecule has 0 atom stereocenters. The first kappa shape index (κ1) is 14.7. The van der Waals surface area contributed by atoms with Crippen molar-refractivity contribution in [3.63, 3.8) is 0 Å². The zero-order valence-electron chi connectivity index (χ0n) is 11.7. The SMILES string of the molecule is CCCNCc1c(C)nn(CC(=O)OCC)c1C. The van der Waals surface area contributed by atoms with Gasteiger partial charge in [0.15, 0.2) is 0 Å². The summed E-state index contributed by atoms with van der Waals surface area (Å²) >= 11 is 0. The van der Waals surface area contributed by atoms with Gasteiger partial charge in [-0.25, -0.2) is 0 Å². The van der Waals surface area contributed by atoms with Crippen molar-refractivity contribution in [2.75, 3.05) is 13.2 Å². The molecule has 1 N–H and O–H groups in total. The van der Waals surface area contributed by atoms with E-state index in [2.05, 4.69) is 17.3 Å². The maximum Gasteiger partial charge on any atom is 0.327 e. The highest BCUT2D eigenvalue weighted by molar-refractivity contribution is 5.69. The molecule has 0 aliphatic heterocycles. The lowest BCUT2D eigenvalue weighted by atomic mass is 10.2. The molecule has 1 aromatic rings. The van der Waals surface area contributed by atoms with Crippen molar-refractivity contribution in [3.8, 4) is 0 Å². The molecule has 0 aliphatic carbocycles. The second-order valence-electron chi connectivity index (χ2n) is 4.29. The van der Waals surface area contributed by atoms with Crippen molar-refractivity contribution in [1.29, 1.82) is 0 Å². The molecule has 1 rings (SSSR count). The summed E-state index contributed by atoms with van der Waals surface area (Å²) in [5.41, 5.74) is 3.18. The van der Waals surface area contributed by atoms with Crippen molar-refractivity contribution in [2.45, 2.75) is 47.2 Å². The number of nitrogens with one attached hydrogen (secondary N) is 1. The Bertz CT molecular complexity index is 399. The molecule has 0 amide bonds. The monoisotopic (exact) mass is 253 g/mol. The van der Waals surface area contributed by atoms with Crippen LogP contribution in [0.15, 0.2) is 0 Å². The van der Waals surface area contributed by atoms with Gasteiger partial charge in [0.2, 0.25) is 0 Å².